The molecule has 0 aliphatic heterocycles. The van der Waals surface area contributed by atoms with E-state index >= 15 is 0 Å². The van der Waals surface area contributed by atoms with E-state index in [1.807, 2.05) is 13.0 Å². The molecule has 0 spiro atoms. The quantitative estimate of drug-likeness (QED) is 0.691. The van der Waals surface area contributed by atoms with Gasteiger partial charge in [-0.1, -0.05) is 17.7 Å². The first-order valence-corrected chi connectivity index (χ1v) is 8.88. The lowest BCUT2D eigenvalue weighted by molar-refractivity contribution is -0.146. The number of nitrogens with one attached hydrogen (secondary N) is 2. The summed E-state index contributed by atoms with van der Waals surface area (Å²) in [6.07, 6.45) is 0. The van der Waals surface area contributed by atoms with Gasteiger partial charge in [-0.2, -0.15) is 0 Å². The predicted molar refractivity (Wildman–Crippen MR) is 108 cm³/mol. The summed E-state index contributed by atoms with van der Waals surface area (Å²) in [6.45, 7) is 1.02. The molecule has 8 heteroatoms. The summed E-state index contributed by atoms with van der Waals surface area (Å²) in [5.74, 6) is -1.81. The van der Waals surface area contributed by atoms with Gasteiger partial charge in [0.15, 0.2) is 6.61 Å². The maximum Gasteiger partial charge on any atom is 0.325 e. The minimum absolute atomic E-state index is 0.149. The minimum Gasteiger partial charge on any atom is -0.454 e. The molecule has 0 aliphatic carbocycles. The smallest absolute Gasteiger partial charge is 0.325 e. The van der Waals surface area contributed by atoms with Crippen molar-refractivity contribution in [3.8, 4) is 0 Å². The standard InChI is InChI=1S/C21H23N3O5/c1-14-5-4-6-16(11-14)20(27)22-12-19(26)29-13-18(25)23-17-9-7-15(8-10-17)21(28)24(2)3/h4-11H,12-13H2,1-3H3,(H,22,27)(H,23,25). The highest BCUT2D eigenvalue weighted by Crippen LogP contribution is 2.10. The van der Waals surface area contributed by atoms with Crippen molar-refractivity contribution >= 4 is 29.4 Å². The van der Waals surface area contributed by atoms with Crippen molar-refractivity contribution < 1.29 is 23.9 Å². The molecule has 0 fully saturated rings. The number of hydrogen-bond acceptors (Lipinski definition) is 5. The number of rotatable bonds is 7. The molecular weight excluding hydrogens is 374 g/mol. The number of ether oxygens (including phenoxy) is 1. The Kier molecular flexibility index (Phi) is 7.47. The topological polar surface area (TPSA) is 105 Å². The molecule has 0 saturated carbocycles. The van der Waals surface area contributed by atoms with Crippen LogP contribution in [0.5, 0.6) is 0 Å². The van der Waals surface area contributed by atoms with E-state index in [-0.39, 0.29) is 12.5 Å². The lowest BCUT2D eigenvalue weighted by Gasteiger charge is -2.11. The molecule has 0 aromatic heterocycles. The molecule has 152 valence electrons. The summed E-state index contributed by atoms with van der Waals surface area (Å²) in [4.78, 5) is 48.9. The Bertz CT molecular complexity index is 907. The number of carbonyl (C=O) groups is 4. The van der Waals surface area contributed by atoms with E-state index in [4.69, 9.17) is 4.74 Å². The number of amides is 3. The van der Waals surface area contributed by atoms with Crippen molar-refractivity contribution in [2.45, 2.75) is 6.92 Å². The van der Waals surface area contributed by atoms with Gasteiger partial charge in [0.25, 0.3) is 17.7 Å². The number of anilines is 1. The number of hydrogen-bond donors (Lipinski definition) is 2. The van der Waals surface area contributed by atoms with Crippen LogP contribution in [0.15, 0.2) is 48.5 Å². The van der Waals surface area contributed by atoms with Crippen LogP contribution in [0.1, 0.15) is 26.3 Å². The van der Waals surface area contributed by atoms with Gasteiger partial charge in [0.2, 0.25) is 0 Å². The number of carbonyl (C=O) groups excluding carboxylic acids is 4. The fourth-order valence-electron chi connectivity index (χ4n) is 2.39. The average molecular weight is 397 g/mol. The lowest BCUT2D eigenvalue weighted by Crippen LogP contribution is -2.32. The molecule has 0 saturated heterocycles. The van der Waals surface area contributed by atoms with Gasteiger partial charge < -0.3 is 20.3 Å². The third-order valence-electron chi connectivity index (χ3n) is 3.86. The van der Waals surface area contributed by atoms with Crippen LogP contribution in [-0.4, -0.2) is 55.8 Å². The van der Waals surface area contributed by atoms with Gasteiger partial charge in [0.05, 0.1) is 0 Å². The van der Waals surface area contributed by atoms with E-state index in [1.165, 1.54) is 4.90 Å². The Labute approximate surface area is 168 Å². The average Bonchev–Trinajstić information content (AvgIpc) is 2.70. The molecule has 2 rings (SSSR count). The van der Waals surface area contributed by atoms with E-state index in [2.05, 4.69) is 10.6 Å². The highest BCUT2D eigenvalue weighted by atomic mass is 16.5. The summed E-state index contributed by atoms with van der Waals surface area (Å²) in [6, 6.07) is 13.3. The van der Waals surface area contributed by atoms with E-state index < -0.39 is 24.4 Å². The van der Waals surface area contributed by atoms with Gasteiger partial charge in [-0.05, 0) is 43.3 Å². The number of aryl methyl sites for hydroxylation is 1. The van der Waals surface area contributed by atoms with Crippen LogP contribution in [0.3, 0.4) is 0 Å². The Morgan fingerprint density at radius 3 is 2.28 bits per heavy atom. The van der Waals surface area contributed by atoms with Crippen molar-refractivity contribution in [3.05, 3.63) is 65.2 Å². The van der Waals surface area contributed by atoms with E-state index in [0.717, 1.165) is 5.56 Å². The van der Waals surface area contributed by atoms with Crippen LogP contribution in [0.2, 0.25) is 0 Å². The van der Waals surface area contributed by atoms with Crippen molar-refractivity contribution in [2.75, 3.05) is 32.6 Å². The van der Waals surface area contributed by atoms with Gasteiger partial charge in [0.1, 0.15) is 6.54 Å². The molecule has 0 bridgehead atoms. The molecule has 0 heterocycles. The maximum atomic E-state index is 12.0. The molecule has 3 amide bonds. The third-order valence-corrected chi connectivity index (χ3v) is 3.86. The van der Waals surface area contributed by atoms with Crippen molar-refractivity contribution in [2.24, 2.45) is 0 Å². The Morgan fingerprint density at radius 1 is 0.966 bits per heavy atom. The predicted octanol–water partition coefficient (Wildman–Crippen LogP) is 1.61. The summed E-state index contributed by atoms with van der Waals surface area (Å²) >= 11 is 0. The van der Waals surface area contributed by atoms with Crippen LogP contribution >= 0.6 is 0 Å². The first-order valence-electron chi connectivity index (χ1n) is 8.88. The second kappa shape index (κ2) is 10.0. The van der Waals surface area contributed by atoms with Gasteiger partial charge in [-0.3, -0.25) is 19.2 Å². The van der Waals surface area contributed by atoms with Gasteiger partial charge in [-0.25, -0.2) is 0 Å². The van der Waals surface area contributed by atoms with Crippen molar-refractivity contribution in [1.29, 1.82) is 0 Å². The number of esters is 1. The molecule has 8 nitrogen and oxygen atoms in total. The molecular formula is C21H23N3O5. The van der Waals surface area contributed by atoms with Crippen molar-refractivity contribution in [3.63, 3.8) is 0 Å². The monoisotopic (exact) mass is 397 g/mol. The van der Waals surface area contributed by atoms with Gasteiger partial charge in [0, 0.05) is 30.9 Å². The largest absolute Gasteiger partial charge is 0.454 e. The van der Waals surface area contributed by atoms with E-state index in [9.17, 15) is 19.2 Å². The molecule has 2 aromatic carbocycles. The third kappa shape index (κ3) is 6.76. The molecule has 0 radical (unpaired) electrons. The van der Waals surface area contributed by atoms with Gasteiger partial charge >= 0.3 is 5.97 Å². The SMILES string of the molecule is Cc1cccc(C(=O)NCC(=O)OCC(=O)Nc2ccc(C(=O)N(C)C)cc2)c1. The number of benzene rings is 2. The second-order valence-electron chi connectivity index (χ2n) is 6.54. The highest BCUT2D eigenvalue weighted by Gasteiger charge is 2.12. The van der Waals surface area contributed by atoms with E-state index in [0.29, 0.717) is 16.8 Å². The Hall–Kier alpha value is -3.68. The zero-order valence-corrected chi connectivity index (χ0v) is 16.5. The first-order chi connectivity index (χ1) is 13.8. The summed E-state index contributed by atoms with van der Waals surface area (Å²) < 4.78 is 4.85. The number of nitrogens with zero attached hydrogens (tertiary/aromatic N) is 1. The molecule has 0 aliphatic rings. The van der Waals surface area contributed by atoms with Crippen LogP contribution in [-0.2, 0) is 14.3 Å². The van der Waals surface area contributed by atoms with Crippen LogP contribution in [0.4, 0.5) is 5.69 Å². The summed E-state index contributed by atoms with van der Waals surface area (Å²) in [7, 11) is 3.30. The molecule has 2 aromatic rings. The molecule has 0 atom stereocenters. The lowest BCUT2D eigenvalue weighted by atomic mass is 10.1. The fourth-order valence-corrected chi connectivity index (χ4v) is 2.39. The first kappa shape index (κ1) is 21.6. The fraction of sp³-hybridized carbons (Fsp3) is 0.238. The Morgan fingerprint density at radius 2 is 1.66 bits per heavy atom. The zero-order valence-electron chi connectivity index (χ0n) is 16.5. The Balaban J connectivity index is 1.75. The summed E-state index contributed by atoms with van der Waals surface area (Å²) in [5, 5.41) is 5.01. The van der Waals surface area contributed by atoms with Gasteiger partial charge in [-0.15, -0.1) is 0 Å². The molecule has 0 unspecified atom stereocenters. The maximum absolute atomic E-state index is 12.0. The second-order valence-corrected chi connectivity index (χ2v) is 6.54. The molecule has 2 N–H and O–H groups in total. The van der Waals surface area contributed by atoms with Crippen molar-refractivity contribution in [1.82, 2.24) is 10.2 Å². The molecule has 29 heavy (non-hydrogen) atoms. The minimum atomic E-state index is -0.729. The summed E-state index contributed by atoms with van der Waals surface area (Å²) in [5.41, 5.74) is 2.32. The van der Waals surface area contributed by atoms with Crippen LogP contribution in [0, 0.1) is 6.92 Å². The van der Waals surface area contributed by atoms with E-state index in [1.54, 1.807) is 56.6 Å². The van der Waals surface area contributed by atoms with Crippen LogP contribution in [0.25, 0.3) is 0 Å². The normalized spacial score (nSPS) is 10.0. The highest BCUT2D eigenvalue weighted by molar-refractivity contribution is 5.97. The van der Waals surface area contributed by atoms with Crippen LogP contribution < -0.4 is 10.6 Å². The zero-order chi connectivity index (χ0) is 21.4.